The number of rotatable bonds is 5. The van der Waals surface area contributed by atoms with Crippen molar-refractivity contribution in [3.63, 3.8) is 0 Å². The van der Waals surface area contributed by atoms with E-state index in [0.29, 0.717) is 11.3 Å². The van der Waals surface area contributed by atoms with Gasteiger partial charge in [0.2, 0.25) is 10.0 Å². The van der Waals surface area contributed by atoms with E-state index in [1.807, 2.05) is 25.3 Å². The Kier molecular flexibility index (Phi) is 5.00. The van der Waals surface area contributed by atoms with Crippen LogP contribution in [-0.4, -0.2) is 14.3 Å². The fourth-order valence-electron chi connectivity index (χ4n) is 2.16. The second-order valence-corrected chi connectivity index (χ2v) is 7.46. The van der Waals surface area contributed by atoms with Gasteiger partial charge in [-0.1, -0.05) is 19.1 Å². The number of thiophene rings is 1. The number of nitrogens with one attached hydrogen (secondary N) is 1. The van der Waals surface area contributed by atoms with E-state index < -0.39 is 10.0 Å². The highest BCUT2D eigenvalue weighted by Crippen LogP contribution is 2.22. The molecule has 3 N–H and O–H groups in total. The largest absolute Gasteiger partial charge is 0.345 e. The first kappa shape index (κ1) is 16.7. The Labute approximate surface area is 134 Å². The molecule has 2 aromatic rings. The summed E-state index contributed by atoms with van der Waals surface area (Å²) in [6, 6.07) is 7.98. The number of primary sulfonamides is 1. The molecule has 118 valence electrons. The van der Waals surface area contributed by atoms with Gasteiger partial charge in [0.25, 0.3) is 5.91 Å². The molecule has 1 atom stereocenters. The molecule has 0 saturated carbocycles. The highest BCUT2D eigenvalue weighted by molar-refractivity contribution is 7.89. The van der Waals surface area contributed by atoms with E-state index in [-0.39, 0.29) is 16.8 Å². The van der Waals surface area contributed by atoms with E-state index in [0.717, 1.165) is 11.1 Å². The van der Waals surface area contributed by atoms with Crippen molar-refractivity contribution in [3.05, 3.63) is 51.7 Å². The van der Waals surface area contributed by atoms with Crippen molar-refractivity contribution < 1.29 is 13.2 Å². The Morgan fingerprint density at radius 1 is 1.36 bits per heavy atom. The smallest absolute Gasteiger partial charge is 0.262 e. The molecule has 2 rings (SSSR count). The van der Waals surface area contributed by atoms with Gasteiger partial charge in [0.05, 0.1) is 15.8 Å². The van der Waals surface area contributed by atoms with Gasteiger partial charge in [0.15, 0.2) is 0 Å². The molecule has 0 bridgehead atoms. The third-order valence-corrected chi connectivity index (χ3v) is 5.30. The predicted octanol–water partition coefficient (Wildman–Crippen LogP) is 2.59. The molecular formula is C15H18N2O3S2. The van der Waals surface area contributed by atoms with E-state index >= 15 is 0 Å². The van der Waals surface area contributed by atoms with Crippen LogP contribution >= 0.6 is 11.3 Å². The third-order valence-electron chi connectivity index (χ3n) is 3.37. The molecule has 1 amide bonds. The Morgan fingerprint density at radius 3 is 2.64 bits per heavy atom. The summed E-state index contributed by atoms with van der Waals surface area (Å²) in [4.78, 5) is 13.0. The molecule has 1 heterocycles. The average molecular weight is 338 g/mol. The maximum atomic E-state index is 12.3. The van der Waals surface area contributed by atoms with Crippen LogP contribution in [0.3, 0.4) is 0 Å². The van der Waals surface area contributed by atoms with Gasteiger partial charge in [-0.05, 0) is 48.1 Å². The molecule has 7 heteroatoms. The Morgan fingerprint density at radius 2 is 2.09 bits per heavy atom. The SMILES string of the molecule is CCC(NC(=O)c1sccc1C)c1cccc(S(N)(=O)=O)c1. The Hall–Kier alpha value is -1.70. The number of nitrogens with two attached hydrogens (primary N) is 1. The highest BCUT2D eigenvalue weighted by atomic mass is 32.2. The van der Waals surface area contributed by atoms with Crippen LogP contribution < -0.4 is 10.5 Å². The van der Waals surface area contributed by atoms with Crippen molar-refractivity contribution in [2.45, 2.75) is 31.2 Å². The molecule has 0 spiro atoms. The first-order valence-electron chi connectivity index (χ1n) is 6.80. The van der Waals surface area contributed by atoms with Gasteiger partial charge < -0.3 is 5.32 Å². The van der Waals surface area contributed by atoms with E-state index in [2.05, 4.69) is 5.32 Å². The van der Waals surface area contributed by atoms with Crippen LogP contribution in [0.2, 0.25) is 0 Å². The van der Waals surface area contributed by atoms with E-state index in [1.165, 1.54) is 23.5 Å². The number of aryl methyl sites for hydroxylation is 1. The summed E-state index contributed by atoms with van der Waals surface area (Å²) in [5, 5.41) is 9.96. The third kappa shape index (κ3) is 3.73. The lowest BCUT2D eigenvalue weighted by atomic mass is 10.0. The van der Waals surface area contributed by atoms with Gasteiger partial charge in [0, 0.05) is 0 Å². The van der Waals surface area contributed by atoms with Gasteiger partial charge in [0.1, 0.15) is 0 Å². The molecule has 0 radical (unpaired) electrons. The molecule has 22 heavy (non-hydrogen) atoms. The number of amides is 1. The van der Waals surface area contributed by atoms with Crippen LogP contribution in [0.25, 0.3) is 0 Å². The molecule has 0 fully saturated rings. The van der Waals surface area contributed by atoms with Gasteiger partial charge in [-0.2, -0.15) is 0 Å². The second kappa shape index (κ2) is 6.60. The van der Waals surface area contributed by atoms with Crippen LogP contribution in [0.4, 0.5) is 0 Å². The molecule has 1 aromatic carbocycles. The Balaban J connectivity index is 2.26. The zero-order valence-corrected chi connectivity index (χ0v) is 14.0. The summed E-state index contributed by atoms with van der Waals surface area (Å²) in [6.45, 7) is 3.81. The lowest BCUT2D eigenvalue weighted by Crippen LogP contribution is -2.28. The van der Waals surface area contributed by atoms with Gasteiger partial charge in [-0.3, -0.25) is 4.79 Å². The lowest BCUT2D eigenvalue weighted by Gasteiger charge is -2.18. The number of hydrogen-bond acceptors (Lipinski definition) is 4. The van der Waals surface area contributed by atoms with Gasteiger partial charge >= 0.3 is 0 Å². The van der Waals surface area contributed by atoms with Crippen LogP contribution in [0.15, 0.2) is 40.6 Å². The molecule has 0 saturated heterocycles. The number of sulfonamides is 1. The van der Waals surface area contributed by atoms with Crippen molar-refractivity contribution in [2.24, 2.45) is 5.14 Å². The predicted molar refractivity (Wildman–Crippen MR) is 87.4 cm³/mol. The molecule has 0 aliphatic rings. The monoisotopic (exact) mass is 338 g/mol. The molecule has 0 aliphatic carbocycles. The summed E-state index contributed by atoms with van der Waals surface area (Å²) < 4.78 is 22.9. The Bertz CT molecular complexity index is 782. The molecule has 1 unspecified atom stereocenters. The molecule has 5 nitrogen and oxygen atoms in total. The lowest BCUT2D eigenvalue weighted by molar-refractivity contribution is 0.0939. The van der Waals surface area contributed by atoms with E-state index in [1.54, 1.807) is 12.1 Å². The minimum Gasteiger partial charge on any atom is -0.345 e. The summed E-state index contributed by atoms with van der Waals surface area (Å²) in [6.07, 6.45) is 0.643. The second-order valence-electron chi connectivity index (χ2n) is 4.98. The van der Waals surface area contributed by atoms with Crippen LogP contribution in [-0.2, 0) is 10.0 Å². The van der Waals surface area contributed by atoms with Gasteiger partial charge in [-0.25, -0.2) is 13.6 Å². The van der Waals surface area contributed by atoms with Crippen molar-refractivity contribution >= 4 is 27.3 Å². The summed E-state index contributed by atoms with van der Waals surface area (Å²) in [5.41, 5.74) is 1.65. The number of carbonyl (C=O) groups excluding carboxylic acids is 1. The fraction of sp³-hybridized carbons (Fsp3) is 0.267. The quantitative estimate of drug-likeness (QED) is 0.878. The summed E-state index contributed by atoms with van der Waals surface area (Å²) in [7, 11) is -3.76. The van der Waals surface area contributed by atoms with Crippen molar-refractivity contribution in [1.82, 2.24) is 5.32 Å². The standard InChI is InChI=1S/C15H18N2O3S2/c1-3-13(17-15(18)14-10(2)7-8-21-14)11-5-4-6-12(9-11)22(16,19)20/h4-9,13H,3H2,1-2H3,(H,17,18)(H2,16,19,20). The fourth-order valence-corrected chi connectivity index (χ4v) is 3.56. The first-order chi connectivity index (χ1) is 10.3. The zero-order valence-electron chi connectivity index (χ0n) is 12.4. The maximum absolute atomic E-state index is 12.3. The van der Waals surface area contributed by atoms with Crippen LogP contribution in [0.5, 0.6) is 0 Å². The normalized spacial score (nSPS) is 12.9. The van der Waals surface area contributed by atoms with E-state index in [9.17, 15) is 13.2 Å². The highest BCUT2D eigenvalue weighted by Gasteiger charge is 2.18. The van der Waals surface area contributed by atoms with Crippen LogP contribution in [0, 0.1) is 6.92 Å². The average Bonchev–Trinajstić information content (AvgIpc) is 2.90. The van der Waals surface area contributed by atoms with Crippen molar-refractivity contribution in [2.75, 3.05) is 0 Å². The molecular weight excluding hydrogens is 320 g/mol. The minimum atomic E-state index is -3.76. The summed E-state index contributed by atoms with van der Waals surface area (Å²) in [5.74, 6) is -0.152. The minimum absolute atomic E-state index is 0.0463. The van der Waals surface area contributed by atoms with Crippen molar-refractivity contribution in [3.8, 4) is 0 Å². The number of hydrogen-bond donors (Lipinski definition) is 2. The first-order valence-corrected chi connectivity index (χ1v) is 9.23. The van der Waals surface area contributed by atoms with Gasteiger partial charge in [-0.15, -0.1) is 11.3 Å². The topological polar surface area (TPSA) is 89.3 Å². The van der Waals surface area contributed by atoms with Crippen LogP contribution in [0.1, 0.15) is 40.2 Å². The number of carbonyl (C=O) groups is 1. The molecule has 1 aromatic heterocycles. The van der Waals surface area contributed by atoms with E-state index in [4.69, 9.17) is 5.14 Å². The number of benzene rings is 1. The summed E-state index contributed by atoms with van der Waals surface area (Å²) >= 11 is 1.38. The zero-order chi connectivity index (χ0) is 16.3. The molecule has 0 aliphatic heterocycles. The maximum Gasteiger partial charge on any atom is 0.262 e. The van der Waals surface area contributed by atoms with Crippen molar-refractivity contribution in [1.29, 1.82) is 0 Å².